The van der Waals surface area contributed by atoms with Gasteiger partial charge in [-0.1, -0.05) is 42.5 Å². The van der Waals surface area contributed by atoms with Gasteiger partial charge in [0.15, 0.2) is 0 Å². The second kappa shape index (κ2) is 8.20. The second-order valence-corrected chi connectivity index (χ2v) is 6.25. The second-order valence-electron chi connectivity index (χ2n) is 6.25. The number of ether oxygens (including phenoxy) is 1. The molecule has 0 atom stereocenters. The van der Waals surface area contributed by atoms with Crippen molar-refractivity contribution in [2.45, 2.75) is 38.0 Å². The van der Waals surface area contributed by atoms with Crippen molar-refractivity contribution in [3.8, 4) is 6.07 Å². The monoisotopic (exact) mass is 335 g/mol. The zero-order valence-corrected chi connectivity index (χ0v) is 13.9. The van der Waals surface area contributed by atoms with E-state index in [4.69, 9.17) is 10.00 Å². The highest BCUT2D eigenvalue weighted by molar-refractivity contribution is 5.67. The van der Waals surface area contributed by atoms with Crippen molar-refractivity contribution in [1.29, 1.82) is 5.26 Å². The van der Waals surface area contributed by atoms with Gasteiger partial charge in [0.05, 0.1) is 12.5 Å². The van der Waals surface area contributed by atoms with E-state index >= 15 is 0 Å². The zero-order valence-electron chi connectivity index (χ0n) is 13.9. The van der Waals surface area contributed by atoms with E-state index < -0.39 is 0 Å². The van der Waals surface area contributed by atoms with Crippen LogP contribution in [0.2, 0.25) is 0 Å². The number of hydrogen-bond donors (Lipinski definition) is 2. The summed E-state index contributed by atoms with van der Waals surface area (Å²) in [5, 5.41) is 15.0. The summed E-state index contributed by atoms with van der Waals surface area (Å²) in [4.78, 5) is 11.8. The molecular formula is C20H21N3O2. The normalized spacial score (nSPS) is 18.5. The maximum atomic E-state index is 11.8. The van der Waals surface area contributed by atoms with Crippen LogP contribution in [0.25, 0.3) is 0 Å². The SMILES string of the molecule is N#CCc1ccc(NC2CC(NC(=O)OCc3ccccc3)C2)cc1. The van der Waals surface area contributed by atoms with Crippen LogP contribution in [0.5, 0.6) is 0 Å². The molecule has 0 unspecified atom stereocenters. The Morgan fingerprint density at radius 3 is 2.44 bits per heavy atom. The number of alkyl carbamates (subject to hydrolysis) is 1. The minimum Gasteiger partial charge on any atom is -0.445 e. The Morgan fingerprint density at radius 1 is 1.04 bits per heavy atom. The van der Waals surface area contributed by atoms with E-state index in [0.717, 1.165) is 29.7 Å². The van der Waals surface area contributed by atoms with E-state index in [9.17, 15) is 4.79 Å². The summed E-state index contributed by atoms with van der Waals surface area (Å²) >= 11 is 0. The molecule has 5 heteroatoms. The van der Waals surface area contributed by atoms with Crippen molar-refractivity contribution < 1.29 is 9.53 Å². The molecule has 1 aliphatic carbocycles. The first-order valence-electron chi connectivity index (χ1n) is 8.42. The Morgan fingerprint density at radius 2 is 1.76 bits per heavy atom. The molecule has 0 heterocycles. The summed E-state index contributed by atoms with van der Waals surface area (Å²) in [5.41, 5.74) is 3.03. The quantitative estimate of drug-likeness (QED) is 0.845. The number of carbonyl (C=O) groups excluding carboxylic acids is 1. The van der Waals surface area contributed by atoms with Crippen LogP contribution in [0.3, 0.4) is 0 Å². The van der Waals surface area contributed by atoms with Crippen molar-refractivity contribution >= 4 is 11.8 Å². The summed E-state index contributed by atoms with van der Waals surface area (Å²) in [6.45, 7) is 0.288. The molecule has 1 fully saturated rings. The van der Waals surface area contributed by atoms with Gasteiger partial charge in [-0.05, 0) is 36.1 Å². The van der Waals surface area contributed by atoms with Gasteiger partial charge in [-0.3, -0.25) is 0 Å². The molecule has 1 saturated carbocycles. The Balaban J connectivity index is 1.35. The highest BCUT2D eigenvalue weighted by Gasteiger charge is 2.30. The molecule has 2 N–H and O–H groups in total. The average molecular weight is 335 g/mol. The lowest BCUT2D eigenvalue weighted by Gasteiger charge is -2.36. The first-order valence-corrected chi connectivity index (χ1v) is 8.42. The molecule has 0 bridgehead atoms. The first kappa shape index (κ1) is 16.8. The number of benzene rings is 2. The van der Waals surface area contributed by atoms with E-state index in [0.29, 0.717) is 12.5 Å². The van der Waals surface area contributed by atoms with E-state index in [-0.39, 0.29) is 18.7 Å². The topological polar surface area (TPSA) is 74.2 Å². The number of nitrogens with one attached hydrogen (secondary N) is 2. The van der Waals surface area contributed by atoms with Gasteiger partial charge in [-0.25, -0.2) is 4.79 Å². The van der Waals surface area contributed by atoms with Crippen LogP contribution in [0.4, 0.5) is 10.5 Å². The van der Waals surface area contributed by atoms with Crippen molar-refractivity contribution in [2.75, 3.05) is 5.32 Å². The number of hydrogen-bond acceptors (Lipinski definition) is 4. The number of nitriles is 1. The van der Waals surface area contributed by atoms with Gasteiger partial charge in [0.25, 0.3) is 0 Å². The number of nitrogens with zero attached hydrogens (tertiary/aromatic N) is 1. The lowest BCUT2D eigenvalue weighted by molar-refractivity contribution is 0.129. The molecule has 25 heavy (non-hydrogen) atoms. The molecule has 0 radical (unpaired) electrons. The van der Waals surface area contributed by atoms with Crippen LogP contribution >= 0.6 is 0 Å². The maximum Gasteiger partial charge on any atom is 0.407 e. The summed E-state index contributed by atoms with van der Waals surface area (Å²) < 4.78 is 5.23. The molecule has 2 aromatic carbocycles. The van der Waals surface area contributed by atoms with Gasteiger partial charge in [0.2, 0.25) is 0 Å². The number of amides is 1. The largest absolute Gasteiger partial charge is 0.445 e. The van der Waals surface area contributed by atoms with Crippen LogP contribution in [-0.4, -0.2) is 18.2 Å². The summed E-state index contributed by atoms with van der Waals surface area (Å²) in [6, 6.07) is 20.2. The Hall–Kier alpha value is -3.00. The Kier molecular flexibility index (Phi) is 5.53. The molecule has 1 aliphatic rings. The van der Waals surface area contributed by atoms with Gasteiger partial charge in [0.1, 0.15) is 6.61 Å². The highest BCUT2D eigenvalue weighted by atomic mass is 16.5. The van der Waals surface area contributed by atoms with Crippen LogP contribution in [-0.2, 0) is 17.8 Å². The maximum absolute atomic E-state index is 11.8. The predicted octanol–water partition coefficient (Wildman–Crippen LogP) is 3.62. The molecule has 0 spiro atoms. The smallest absolute Gasteiger partial charge is 0.407 e. The summed E-state index contributed by atoms with van der Waals surface area (Å²) in [6.07, 6.45) is 1.81. The summed E-state index contributed by atoms with van der Waals surface area (Å²) in [5.74, 6) is 0. The lowest BCUT2D eigenvalue weighted by Crippen LogP contribution is -2.49. The summed E-state index contributed by atoms with van der Waals surface area (Å²) in [7, 11) is 0. The van der Waals surface area contributed by atoms with Gasteiger partial charge in [-0.15, -0.1) is 0 Å². The Bertz CT molecular complexity index is 732. The third-order valence-corrected chi connectivity index (χ3v) is 4.28. The van der Waals surface area contributed by atoms with E-state index in [1.807, 2.05) is 54.6 Å². The molecule has 1 amide bonds. The van der Waals surface area contributed by atoms with Gasteiger partial charge >= 0.3 is 6.09 Å². The van der Waals surface area contributed by atoms with Crippen molar-refractivity contribution in [3.63, 3.8) is 0 Å². The Labute approximate surface area is 147 Å². The predicted molar refractivity (Wildman–Crippen MR) is 96.0 cm³/mol. The number of rotatable bonds is 6. The molecule has 0 aromatic heterocycles. The van der Waals surface area contributed by atoms with Crippen molar-refractivity contribution in [3.05, 3.63) is 65.7 Å². The fourth-order valence-corrected chi connectivity index (χ4v) is 2.83. The fraction of sp³-hybridized carbons (Fsp3) is 0.300. The minimum absolute atomic E-state index is 0.152. The van der Waals surface area contributed by atoms with E-state index in [2.05, 4.69) is 16.7 Å². The zero-order chi connectivity index (χ0) is 17.5. The molecule has 0 saturated heterocycles. The molecule has 128 valence electrons. The highest BCUT2D eigenvalue weighted by Crippen LogP contribution is 2.24. The average Bonchev–Trinajstić information content (AvgIpc) is 2.61. The molecular weight excluding hydrogens is 314 g/mol. The van der Waals surface area contributed by atoms with Crippen molar-refractivity contribution in [2.24, 2.45) is 0 Å². The number of anilines is 1. The first-order chi connectivity index (χ1) is 12.2. The lowest BCUT2D eigenvalue weighted by atomic mass is 9.86. The molecule has 0 aliphatic heterocycles. The van der Waals surface area contributed by atoms with E-state index in [1.165, 1.54) is 0 Å². The van der Waals surface area contributed by atoms with E-state index in [1.54, 1.807) is 0 Å². The number of carbonyl (C=O) groups is 1. The third-order valence-electron chi connectivity index (χ3n) is 4.28. The molecule has 2 aromatic rings. The minimum atomic E-state index is -0.367. The fourth-order valence-electron chi connectivity index (χ4n) is 2.83. The van der Waals surface area contributed by atoms with Crippen LogP contribution < -0.4 is 10.6 Å². The van der Waals surface area contributed by atoms with Crippen molar-refractivity contribution in [1.82, 2.24) is 5.32 Å². The molecule has 5 nitrogen and oxygen atoms in total. The van der Waals surface area contributed by atoms with Gasteiger partial charge in [0, 0.05) is 17.8 Å². The van der Waals surface area contributed by atoms with Crippen LogP contribution in [0.15, 0.2) is 54.6 Å². The van der Waals surface area contributed by atoms with Crippen LogP contribution in [0, 0.1) is 11.3 Å². The molecule has 3 rings (SSSR count). The third kappa shape index (κ3) is 4.98. The van der Waals surface area contributed by atoms with Crippen LogP contribution in [0.1, 0.15) is 24.0 Å². The van der Waals surface area contributed by atoms with Gasteiger partial charge < -0.3 is 15.4 Å². The standard InChI is InChI=1S/C20H21N3O2/c21-11-10-15-6-8-17(9-7-15)22-18-12-19(13-18)23-20(24)25-14-16-4-2-1-3-5-16/h1-9,18-19,22H,10,12-14H2,(H,23,24). The van der Waals surface area contributed by atoms with Gasteiger partial charge in [-0.2, -0.15) is 5.26 Å².